The van der Waals surface area contributed by atoms with E-state index in [4.69, 9.17) is 4.74 Å². The van der Waals surface area contributed by atoms with E-state index in [1.54, 1.807) is 31.2 Å². The number of esters is 1. The molecular formula is C20H20N2O4. The summed E-state index contributed by atoms with van der Waals surface area (Å²) >= 11 is 0. The Morgan fingerprint density at radius 3 is 2.27 bits per heavy atom. The third-order valence-corrected chi connectivity index (χ3v) is 4.45. The Morgan fingerprint density at radius 1 is 1.04 bits per heavy atom. The van der Waals surface area contributed by atoms with Gasteiger partial charge >= 0.3 is 12.0 Å². The van der Waals surface area contributed by atoms with Gasteiger partial charge in [0.25, 0.3) is 5.91 Å². The Kier molecular flexibility index (Phi) is 4.75. The maximum absolute atomic E-state index is 12.1. The fraction of sp³-hybridized carbons (Fsp3) is 0.250. The second-order valence-corrected chi connectivity index (χ2v) is 6.64. The van der Waals surface area contributed by atoms with Crippen molar-refractivity contribution in [2.45, 2.75) is 32.2 Å². The summed E-state index contributed by atoms with van der Waals surface area (Å²) in [5.74, 6) is -0.265. The van der Waals surface area contributed by atoms with Gasteiger partial charge in [-0.3, -0.25) is 10.1 Å². The zero-order valence-electron chi connectivity index (χ0n) is 14.7. The molecule has 1 atom stereocenters. The highest BCUT2D eigenvalue weighted by Crippen LogP contribution is 2.20. The van der Waals surface area contributed by atoms with E-state index >= 15 is 0 Å². The van der Waals surface area contributed by atoms with Crippen LogP contribution in [0.4, 0.5) is 4.79 Å². The Morgan fingerprint density at radius 2 is 1.69 bits per heavy atom. The largest absolute Gasteiger partial charge is 0.423 e. The van der Waals surface area contributed by atoms with Crippen LogP contribution in [0.1, 0.15) is 34.8 Å². The molecule has 3 rings (SSSR count). The highest BCUT2D eigenvalue weighted by molar-refractivity contribution is 6.06. The van der Waals surface area contributed by atoms with Gasteiger partial charge < -0.3 is 10.1 Å². The molecule has 0 spiro atoms. The highest BCUT2D eigenvalue weighted by Gasteiger charge is 2.41. The van der Waals surface area contributed by atoms with Crippen molar-refractivity contribution in [1.29, 1.82) is 0 Å². The number of benzene rings is 2. The van der Waals surface area contributed by atoms with Crippen LogP contribution in [-0.2, 0) is 11.2 Å². The first kappa shape index (κ1) is 17.7. The Labute approximate surface area is 151 Å². The van der Waals surface area contributed by atoms with Crippen molar-refractivity contribution < 1.29 is 19.1 Å². The lowest BCUT2D eigenvalue weighted by molar-refractivity contribution is -0.123. The zero-order chi connectivity index (χ0) is 18.7. The molecule has 2 aromatic rings. The van der Waals surface area contributed by atoms with E-state index in [-0.39, 0.29) is 5.91 Å². The van der Waals surface area contributed by atoms with Gasteiger partial charge in [0.15, 0.2) is 0 Å². The summed E-state index contributed by atoms with van der Waals surface area (Å²) in [6.45, 7) is 3.65. The van der Waals surface area contributed by atoms with Crippen LogP contribution >= 0.6 is 0 Å². The first-order valence-corrected chi connectivity index (χ1v) is 8.37. The van der Waals surface area contributed by atoms with Crippen molar-refractivity contribution in [2.24, 2.45) is 0 Å². The van der Waals surface area contributed by atoms with E-state index in [1.807, 2.05) is 31.2 Å². The van der Waals surface area contributed by atoms with Crippen LogP contribution in [0, 0.1) is 6.92 Å². The lowest BCUT2D eigenvalue weighted by atomic mass is 9.93. The minimum atomic E-state index is -0.895. The van der Waals surface area contributed by atoms with Crippen molar-refractivity contribution in [3.05, 3.63) is 65.2 Å². The third-order valence-electron chi connectivity index (χ3n) is 4.45. The molecule has 2 aromatic carbocycles. The van der Waals surface area contributed by atoms with Crippen LogP contribution in [0.5, 0.6) is 5.75 Å². The highest BCUT2D eigenvalue weighted by atomic mass is 16.5. The zero-order valence-corrected chi connectivity index (χ0v) is 14.7. The molecule has 1 heterocycles. The number of ether oxygens (including phenoxy) is 1. The first-order chi connectivity index (χ1) is 12.4. The molecule has 1 aliphatic rings. The van der Waals surface area contributed by atoms with Gasteiger partial charge in [-0.05, 0) is 56.5 Å². The number of carbonyl (C=O) groups excluding carboxylic acids is 3. The molecule has 134 valence electrons. The van der Waals surface area contributed by atoms with Crippen LogP contribution in [-0.4, -0.2) is 23.4 Å². The second kappa shape index (κ2) is 7.00. The first-order valence-electron chi connectivity index (χ1n) is 8.37. The van der Waals surface area contributed by atoms with Gasteiger partial charge in [0.1, 0.15) is 11.3 Å². The van der Waals surface area contributed by atoms with Crippen molar-refractivity contribution in [2.75, 3.05) is 0 Å². The summed E-state index contributed by atoms with van der Waals surface area (Å²) in [5.41, 5.74) is 1.66. The summed E-state index contributed by atoms with van der Waals surface area (Å²) in [6, 6.07) is 13.8. The SMILES string of the molecule is Cc1ccc(C(=O)Oc2ccc(CC[C@]3(C)NC(=O)NC3=O)cc2)cc1. The van der Waals surface area contributed by atoms with Gasteiger partial charge in [0.05, 0.1) is 5.56 Å². The molecule has 6 nitrogen and oxygen atoms in total. The van der Waals surface area contributed by atoms with Crippen LogP contribution in [0.15, 0.2) is 48.5 Å². The van der Waals surface area contributed by atoms with E-state index in [1.165, 1.54) is 0 Å². The summed E-state index contributed by atoms with van der Waals surface area (Å²) < 4.78 is 5.36. The molecule has 1 aliphatic heterocycles. The number of imide groups is 1. The number of amides is 3. The van der Waals surface area contributed by atoms with Gasteiger partial charge in [0.2, 0.25) is 0 Å². The van der Waals surface area contributed by atoms with Gasteiger partial charge in [-0.25, -0.2) is 9.59 Å². The standard InChI is InChI=1S/C20H20N2O4/c1-13-3-7-15(8-4-13)17(23)26-16-9-5-14(6-10-16)11-12-20(2)18(24)21-19(25)22-20/h3-10H,11-12H2,1-2H3,(H2,21,22,24,25)/t20-/m0/s1. The monoisotopic (exact) mass is 352 g/mol. The van der Waals surface area contributed by atoms with E-state index in [0.717, 1.165) is 11.1 Å². The molecule has 0 aromatic heterocycles. The van der Waals surface area contributed by atoms with Gasteiger partial charge in [0, 0.05) is 0 Å². The fourth-order valence-electron chi connectivity index (χ4n) is 2.73. The number of hydrogen-bond acceptors (Lipinski definition) is 4. The lowest BCUT2D eigenvalue weighted by Gasteiger charge is -2.20. The van der Waals surface area contributed by atoms with E-state index in [0.29, 0.717) is 24.2 Å². The van der Waals surface area contributed by atoms with E-state index < -0.39 is 17.5 Å². The minimum absolute atomic E-state index is 0.314. The molecule has 6 heteroatoms. The van der Waals surface area contributed by atoms with E-state index in [9.17, 15) is 14.4 Å². The van der Waals surface area contributed by atoms with Gasteiger partial charge in [-0.15, -0.1) is 0 Å². The van der Waals surface area contributed by atoms with Crippen molar-refractivity contribution in [3.8, 4) is 5.75 Å². The molecular weight excluding hydrogens is 332 g/mol. The number of aryl methyl sites for hydroxylation is 2. The Hall–Kier alpha value is -3.15. The average molecular weight is 352 g/mol. The molecule has 26 heavy (non-hydrogen) atoms. The number of rotatable bonds is 5. The van der Waals surface area contributed by atoms with Crippen LogP contribution in [0.3, 0.4) is 0 Å². The van der Waals surface area contributed by atoms with Crippen molar-refractivity contribution >= 4 is 17.9 Å². The summed E-state index contributed by atoms with van der Waals surface area (Å²) in [4.78, 5) is 35.2. The molecule has 3 amide bonds. The van der Waals surface area contributed by atoms with Gasteiger partial charge in [-0.1, -0.05) is 29.8 Å². The minimum Gasteiger partial charge on any atom is -0.423 e. The topological polar surface area (TPSA) is 84.5 Å². The average Bonchev–Trinajstić information content (AvgIpc) is 2.87. The summed E-state index contributed by atoms with van der Waals surface area (Å²) in [6.07, 6.45) is 1.09. The van der Waals surface area contributed by atoms with Gasteiger partial charge in [-0.2, -0.15) is 0 Å². The van der Waals surface area contributed by atoms with E-state index in [2.05, 4.69) is 10.6 Å². The molecule has 2 N–H and O–H groups in total. The van der Waals surface area contributed by atoms with Crippen LogP contribution in [0.2, 0.25) is 0 Å². The van der Waals surface area contributed by atoms with Crippen molar-refractivity contribution in [1.82, 2.24) is 10.6 Å². The van der Waals surface area contributed by atoms with Crippen LogP contribution in [0.25, 0.3) is 0 Å². The van der Waals surface area contributed by atoms with Crippen molar-refractivity contribution in [3.63, 3.8) is 0 Å². The third kappa shape index (κ3) is 3.91. The van der Waals surface area contributed by atoms with Crippen LogP contribution < -0.4 is 15.4 Å². The maximum Gasteiger partial charge on any atom is 0.343 e. The molecule has 0 radical (unpaired) electrons. The fourth-order valence-corrected chi connectivity index (χ4v) is 2.73. The predicted octanol–water partition coefficient (Wildman–Crippen LogP) is 2.74. The lowest BCUT2D eigenvalue weighted by Crippen LogP contribution is -2.43. The molecule has 0 saturated carbocycles. The molecule has 0 aliphatic carbocycles. The summed E-state index contributed by atoms with van der Waals surface area (Å²) in [7, 11) is 0. The Bertz CT molecular complexity index is 843. The maximum atomic E-state index is 12.1. The quantitative estimate of drug-likeness (QED) is 0.492. The number of urea groups is 1. The molecule has 1 saturated heterocycles. The number of nitrogens with one attached hydrogen (secondary N) is 2. The molecule has 1 fully saturated rings. The Balaban J connectivity index is 1.58. The predicted molar refractivity (Wildman–Crippen MR) is 96.0 cm³/mol. The number of carbonyl (C=O) groups is 3. The summed E-state index contributed by atoms with van der Waals surface area (Å²) in [5, 5.41) is 4.89. The normalized spacial score (nSPS) is 19.0. The second-order valence-electron chi connectivity index (χ2n) is 6.64. The smallest absolute Gasteiger partial charge is 0.343 e. The molecule has 0 unspecified atom stereocenters. The molecule has 0 bridgehead atoms. The number of hydrogen-bond donors (Lipinski definition) is 2.